The Morgan fingerprint density at radius 1 is 1.12 bits per heavy atom. The average molecular weight is 454 g/mol. The van der Waals surface area contributed by atoms with E-state index < -0.39 is 12.1 Å². The van der Waals surface area contributed by atoms with E-state index in [-0.39, 0.29) is 11.7 Å². The molecule has 2 fully saturated rings. The maximum absolute atomic E-state index is 12.7. The van der Waals surface area contributed by atoms with Crippen molar-refractivity contribution in [3.8, 4) is 17.0 Å². The summed E-state index contributed by atoms with van der Waals surface area (Å²) < 4.78 is 49.8. The minimum Gasteiger partial charge on any atom is -0.402 e. The number of nitrogen functional groups attached to an aromatic ring is 1. The Morgan fingerprint density at radius 2 is 1.78 bits per heavy atom. The number of nitrogens with zero attached hydrogens (tertiary/aromatic N) is 4. The largest absolute Gasteiger partial charge is 0.573 e. The minimum absolute atomic E-state index is 0.174. The van der Waals surface area contributed by atoms with Crippen LogP contribution < -0.4 is 10.5 Å². The summed E-state index contributed by atoms with van der Waals surface area (Å²) in [6, 6.07) is 2.16. The van der Waals surface area contributed by atoms with Crippen LogP contribution in [0.4, 0.5) is 19.0 Å². The number of nitrogens with two attached hydrogens (primary N) is 1. The fraction of sp³-hybridized carbons (Fsp3) is 0.636. The van der Waals surface area contributed by atoms with Crippen molar-refractivity contribution in [3.63, 3.8) is 0 Å². The van der Waals surface area contributed by atoms with E-state index in [2.05, 4.69) is 33.0 Å². The molecule has 2 aromatic heterocycles. The number of pyridine rings is 1. The summed E-state index contributed by atoms with van der Waals surface area (Å²) >= 11 is 0. The van der Waals surface area contributed by atoms with Crippen molar-refractivity contribution in [2.75, 3.05) is 32.0 Å². The molecule has 0 aromatic carbocycles. The lowest BCUT2D eigenvalue weighted by Gasteiger charge is -2.39. The summed E-state index contributed by atoms with van der Waals surface area (Å²) in [6.07, 6.45) is 2.84. The van der Waals surface area contributed by atoms with Crippen LogP contribution >= 0.6 is 0 Å². The summed E-state index contributed by atoms with van der Waals surface area (Å²) in [7, 11) is 0. The zero-order valence-electron chi connectivity index (χ0n) is 18.4. The van der Waals surface area contributed by atoms with E-state index in [0.717, 1.165) is 57.8 Å². The van der Waals surface area contributed by atoms with Gasteiger partial charge in [-0.25, -0.2) is 9.97 Å². The molecule has 0 spiro atoms. The van der Waals surface area contributed by atoms with Gasteiger partial charge in [0.25, 0.3) is 0 Å². The predicted octanol–water partition coefficient (Wildman–Crippen LogP) is 4.37. The molecule has 1 saturated carbocycles. The van der Waals surface area contributed by atoms with Crippen LogP contribution in [0, 0.1) is 0 Å². The number of hydrogen-bond donors (Lipinski definition) is 1. The van der Waals surface area contributed by atoms with Crippen LogP contribution in [0.2, 0.25) is 0 Å². The zero-order valence-corrected chi connectivity index (χ0v) is 18.4. The van der Waals surface area contributed by atoms with E-state index in [1.165, 1.54) is 12.3 Å². The van der Waals surface area contributed by atoms with E-state index in [4.69, 9.17) is 15.5 Å². The van der Waals surface area contributed by atoms with Crippen molar-refractivity contribution < 1.29 is 22.6 Å². The molecule has 1 aliphatic carbocycles. The van der Waals surface area contributed by atoms with Crippen LogP contribution in [-0.4, -0.2) is 58.1 Å². The van der Waals surface area contributed by atoms with E-state index >= 15 is 0 Å². The van der Waals surface area contributed by atoms with Gasteiger partial charge in [-0.1, -0.05) is 13.8 Å². The van der Waals surface area contributed by atoms with E-state index in [1.54, 1.807) is 0 Å². The number of morpholine rings is 1. The lowest BCUT2D eigenvalue weighted by atomic mass is 9.89. The van der Waals surface area contributed by atoms with Gasteiger partial charge in [-0.2, -0.15) is 0 Å². The standard InChI is InChI=1S/C22H30F3N5O2/c1-14(2)21-28-18(15-11-19(20(26)27-12-15)32-22(23,24)25)13-30(21)17-5-3-16(4-6-17)29-7-9-31-10-8-29/h11-14,16-17H,3-10H2,1-2H3,(H2,26,27). The third-order valence-electron chi connectivity index (χ3n) is 6.30. The number of ether oxygens (including phenoxy) is 2. The SMILES string of the molecule is CC(C)c1nc(-c2cnc(N)c(OC(F)(F)F)c2)cn1C1CCC(N2CCOCC2)CC1. The van der Waals surface area contributed by atoms with Gasteiger partial charge >= 0.3 is 6.36 Å². The molecule has 1 aliphatic heterocycles. The van der Waals surface area contributed by atoms with Gasteiger partial charge < -0.3 is 19.8 Å². The highest BCUT2D eigenvalue weighted by Gasteiger charge is 2.33. The molecule has 32 heavy (non-hydrogen) atoms. The Bertz CT molecular complexity index is 917. The summed E-state index contributed by atoms with van der Waals surface area (Å²) in [6.45, 7) is 7.74. The molecule has 10 heteroatoms. The second-order valence-electron chi connectivity index (χ2n) is 8.81. The van der Waals surface area contributed by atoms with Crippen LogP contribution in [0.5, 0.6) is 5.75 Å². The smallest absolute Gasteiger partial charge is 0.402 e. The van der Waals surface area contributed by atoms with Gasteiger partial charge in [0.05, 0.1) is 18.9 Å². The van der Waals surface area contributed by atoms with Gasteiger partial charge in [-0.3, -0.25) is 4.90 Å². The zero-order chi connectivity index (χ0) is 22.9. The Balaban J connectivity index is 1.54. The number of imidazole rings is 1. The summed E-state index contributed by atoms with van der Waals surface area (Å²) in [4.78, 5) is 11.2. The van der Waals surface area contributed by atoms with Crippen molar-refractivity contribution in [2.24, 2.45) is 0 Å². The fourth-order valence-electron chi connectivity index (χ4n) is 4.71. The van der Waals surface area contributed by atoms with Crippen LogP contribution in [-0.2, 0) is 4.74 Å². The summed E-state index contributed by atoms with van der Waals surface area (Å²) in [5, 5.41) is 0. The number of hydrogen-bond acceptors (Lipinski definition) is 6. The van der Waals surface area contributed by atoms with Gasteiger partial charge in [0.15, 0.2) is 11.6 Å². The van der Waals surface area contributed by atoms with Gasteiger partial charge in [0, 0.05) is 49.0 Å². The summed E-state index contributed by atoms with van der Waals surface area (Å²) in [5.74, 6) is 0.274. The number of rotatable bonds is 5. The normalized spacial score (nSPS) is 22.9. The molecular weight excluding hydrogens is 423 g/mol. The molecule has 0 atom stereocenters. The lowest BCUT2D eigenvalue weighted by Crippen LogP contribution is -2.45. The number of anilines is 1. The maximum atomic E-state index is 12.7. The van der Waals surface area contributed by atoms with Crippen LogP contribution in [0.15, 0.2) is 18.5 Å². The Morgan fingerprint density at radius 3 is 2.41 bits per heavy atom. The molecule has 4 rings (SSSR count). The van der Waals surface area contributed by atoms with Gasteiger partial charge in [0.1, 0.15) is 5.82 Å². The highest BCUT2D eigenvalue weighted by atomic mass is 19.4. The van der Waals surface area contributed by atoms with Crippen LogP contribution in [0.1, 0.15) is 57.3 Å². The molecule has 2 aliphatic rings. The number of aromatic nitrogens is 3. The van der Waals surface area contributed by atoms with E-state index in [1.807, 2.05) is 6.20 Å². The Labute approximate surface area is 185 Å². The first-order valence-electron chi connectivity index (χ1n) is 11.1. The molecule has 0 unspecified atom stereocenters. The first kappa shape index (κ1) is 22.8. The lowest BCUT2D eigenvalue weighted by molar-refractivity contribution is -0.274. The van der Waals surface area contributed by atoms with Crippen molar-refractivity contribution in [1.29, 1.82) is 0 Å². The molecule has 0 amide bonds. The highest BCUT2D eigenvalue weighted by molar-refractivity contribution is 5.63. The third-order valence-corrected chi connectivity index (χ3v) is 6.30. The minimum atomic E-state index is -4.84. The molecule has 176 valence electrons. The Kier molecular flexibility index (Phi) is 6.62. The predicted molar refractivity (Wildman–Crippen MR) is 114 cm³/mol. The first-order valence-corrected chi connectivity index (χ1v) is 11.1. The molecule has 2 aromatic rings. The molecule has 7 nitrogen and oxygen atoms in total. The maximum Gasteiger partial charge on any atom is 0.573 e. The monoisotopic (exact) mass is 453 g/mol. The van der Waals surface area contributed by atoms with E-state index in [0.29, 0.717) is 23.3 Å². The highest BCUT2D eigenvalue weighted by Crippen LogP contribution is 2.36. The second kappa shape index (κ2) is 9.27. The molecule has 0 bridgehead atoms. The van der Waals surface area contributed by atoms with Crippen molar-refractivity contribution in [1.82, 2.24) is 19.4 Å². The van der Waals surface area contributed by atoms with Crippen molar-refractivity contribution in [2.45, 2.75) is 63.9 Å². The number of halogens is 3. The fourth-order valence-corrected chi connectivity index (χ4v) is 4.71. The van der Waals surface area contributed by atoms with Gasteiger partial charge in [-0.05, 0) is 31.7 Å². The number of alkyl halides is 3. The van der Waals surface area contributed by atoms with Crippen molar-refractivity contribution >= 4 is 5.82 Å². The molecule has 1 saturated heterocycles. The Hall–Kier alpha value is -2.33. The molecule has 0 radical (unpaired) electrons. The van der Waals surface area contributed by atoms with Crippen LogP contribution in [0.25, 0.3) is 11.3 Å². The van der Waals surface area contributed by atoms with Crippen LogP contribution in [0.3, 0.4) is 0 Å². The summed E-state index contributed by atoms with van der Waals surface area (Å²) in [5.41, 5.74) is 6.59. The molecule has 3 heterocycles. The van der Waals surface area contributed by atoms with Crippen molar-refractivity contribution in [3.05, 3.63) is 24.3 Å². The third kappa shape index (κ3) is 5.17. The second-order valence-corrected chi connectivity index (χ2v) is 8.81. The molecular formula is C22H30F3N5O2. The van der Waals surface area contributed by atoms with E-state index in [9.17, 15) is 13.2 Å². The average Bonchev–Trinajstić information content (AvgIpc) is 3.21. The molecule has 2 N–H and O–H groups in total. The van der Waals surface area contributed by atoms with Gasteiger partial charge in [-0.15, -0.1) is 13.2 Å². The quantitative estimate of drug-likeness (QED) is 0.725. The van der Waals surface area contributed by atoms with Gasteiger partial charge in [0.2, 0.25) is 0 Å². The first-order chi connectivity index (χ1) is 15.2. The topological polar surface area (TPSA) is 78.4 Å².